The van der Waals surface area contributed by atoms with E-state index in [-0.39, 0.29) is 5.91 Å². The number of anilines is 1. The number of carbonyl (C=O) groups excluding carboxylic acids is 1. The van der Waals surface area contributed by atoms with Gasteiger partial charge in [-0.25, -0.2) is 9.97 Å². The zero-order valence-corrected chi connectivity index (χ0v) is 18.0. The maximum Gasteiger partial charge on any atom is 0.263 e. The standard InChI is InChI=1S/C21H20N6OS2/c1-25-6-8-26(9-7-25)19-5-3-15(12-22-19)27-13-23-16-4-2-14(10-17(16)27)11-18-20(28)24-21(29)30-18/h2-5,10-13H,6-9H2,1H3,(H,24,28,29)/b18-11-. The second-order valence-electron chi connectivity index (χ2n) is 7.38. The van der Waals surface area contributed by atoms with E-state index in [9.17, 15) is 4.79 Å². The van der Waals surface area contributed by atoms with Crippen molar-refractivity contribution in [2.45, 2.75) is 0 Å². The maximum atomic E-state index is 12.0. The molecule has 0 unspecified atom stereocenters. The summed E-state index contributed by atoms with van der Waals surface area (Å²) in [6.45, 7) is 4.08. The monoisotopic (exact) mass is 436 g/mol. The number of aromatic nitrogens is 3. The smallest absolute Gasteiger partial charge is 0.263 e. The van der Waals surface area contributed by atoms with Crippen LogP contribution in [0.15, 0.2) is 47.8 Å². The normalized spacial score (nSPS) is 19.1. The summed E-state index contributed by atoms with van der Waals surface area (Å²) in [4.78, 5) is 26.4. The number of thioether (sulfide) groups is 1. The number of hydrogen-bond acceptors (Lipinski definition) is 7. The van der Waals surface area contributed by atoms with Crippen molar-refractivity contribution in [1.82, 2.24) is 24.8 Å². The molecule has 152 valence electrons. The lowest BCUT2D eigenvalue weighted by Crippen LogP contribution is -2.44. The summed E-state index contributed by atoms with van der Waals surface area (Å²) in [6.07, 6.45) is 5.55. The predicted molar refractivity (Wildman–Crippen MR) is 125 cm³/mol. The second-order valence-corrected chi connectivity index (χ2v) is 9.10. The van der Waals surface area contributed by atoms with Gasteiger partial charge in [0.2, 0.25) is 0 Å². The van der Waals surface area contributed by atoms with E-state index >= 15 is 0 Å². The molecular weight excluding hydrogens is 416 g/mol. The van der Waals surface area contributed by atoms with Crippen LogP contribution < -0.4 is 10.2 Å². The molecule has 0 bridgehead atoms. The fraction of sp³-hybridized carbons (Fsp3) is 0.238. The molecule has 30 heavy (non-hydrogen) atoms. The van der Waals surface area contributed by atoms with E-state index in [0.717, 1.165) is 54.3 Å². The van der Waals surface area contributed by atoms with Crippen LogP contribution in [-0.4, -0.2) is 62.9 Å². The molecule has 2 saturated heterocycles. The molecule has 2 aliphatic heterocycles. The van der Waals surface area contributed by atoms with Gasteiger partial charge in [0.1, 0.15) is 16.5 Å². The number of hydrogen-bond donors (Lipinski definition) is 1. The van der Waals surface area contributed by atoms with Crippen molar-refractivity contribution in [2.75, 3.05) is 38.1 Å². The van der Waals surface area contributed by atoms with Gasteiger partial charge in [0.25, 0.3) is 5.91 Å². The van der Waals surface area contributed by atoms with E-state index in [1.165, 1.54) is 11.8 Å². The zero-order chi connectivity index (χ0) is 20.7. The van der Waals surface area contributed by atoms with Crippen LogP contribution in [0.2, 0.25) is 0 Å². The van der Waals surface area contributed by atoms with E-state index in [2.05, 4.69) is 39.3 Å². The van der Waals surface area contributed by atoms with Gasteiger partial charge in [0, 0.05) is 26.2 Å². The van der Waals surface area contributed by atoms with Gasteiger partial charge in [-0.3, -0.25) is 9.36 Å². The van der Waals surface area contributed by atoms with Crippen LogP contribution in [0.3, 0.4) is 0 Å². The molecule has 0 atom stereocenters. The maximum absolute atomic E-state index is 12.0. The Morgan fingerprint density at radius 3 is 2.67 bits per heavy atom. The Morgan fingerprint density at radius 2 is 1.97 bits per heavy atom. The van der Waals surface area contributed by atoms with Gasteiger partial charge in [-0.05, 0) is 43.0 Å². The fourth-order valence-electron chi connectivity index (χ4n) is 3.64. The lowest BCUT2D eigenvalue weighted by atomic mass is 10.2. The summed E-state index contributed by atoms with van der Waals surface area (Å²) < 4.78 is 2.51. The lowest BCUT2D eigenvalue weighted by molar-refractivity contribution is -0.115. The molecule has 5 rings (SSSR count). The Hall–Kier alpha value is -2.75. The van der Waals surface area contributed by atoms with Crippen LogP contribution in [-0.2, 0) is 4.79 Å². The molecule has 0 radical (unpaired) electrons. The highest BCUT2D eigenvalue weighted by Gasteiger charge is 2.22. The highest BCUT2D eigenvalue weighted by Crippen LogP contribution is 2.27. The molecule has 1 N–H and O–H groups in total. The van der Waals surface area contributed by atoms with Crippen LogP contribution >= 0.6 is 24.0 Å². The average molecular weight is 437 g/mol. The third-order valence-corrected chi connectivity index (χ3v) is 6.51. The SMILES string of the molecule is CN1CCN(c2ccc(-n3cnc4ccc(/C=C5\SC(=S)NC5=O)cc43)cn2)CC1. The van der Waals surface area contributed by atoms with Gasteiger partial charge in [-0.15, -0.1) is 0 Å². The van der Waals surface area contributed by atoms with Gasteiger partial charge in [0.05, 0.1) is 27.8 Å². The van der Waals surface area contributed by atoms with Crippen LogP contribution in [0.4, 0.5) is 5.82 Å². The molecule has 2 aromatic heterocycles. The van der Waals surface area contributed by atoms with E-state index in [1.807, 2.05) is 35.0 Å². The number of imidazole rings is 1. The first kappa shape index (κ1) is 19.2. The minimum absolute atomic E-state index is 0.151. The Kier molecular flexibility index (Phi) is 5.01. The number of thiocarbonyl (C=S) groups is 1. The molecule has 0 spiro atoms. The van der Waals surface area contributed by atoms with Gasteiger partial charge < -0.3 is 15.1 Å². The highest BCUT2D eigenvalue weighted by atomic mass is 32.2. The summed E-state index contributed by atoms with van der Waals surface area (Å²) in [5, 5.41) is 2.65. The first-order valence-corrected chi connectivity index (χ1v) is 10.9. The minimum Gasteiger partial charge on any atom is -0.354 e. The number of rotatable bonds is 3. The number of nitrogens with zero attached hydrogens (tertiary/aromatic N) is 5. The third-order valence-electron chi connectivity index (χ3n) is 5.35. The highest BCUT2D eigenvalue weighted by molar-refractivity contribution is 8.26. The Balaban J connectivity index is 1.44. The fourth-order valence-corrected chi connectivity index (χ4v) is 4.68. The summed E-state index contributed by atoms with van der Waals surface area (Å²) in [6, 6.07) is 10.1. The van der Waals surface area contributed by atoms with E-state index in [0.29, 0.717) is 9.23 Å². The van der Waals surface area contributed by atoms with Crippen molar-refractivity contribution >= 4 is 57.1 Å². The van der Waals surface area contributed by atoms with Crippen LogP contribution in [0, 0.1) is 0 Å². The quantitative estimate of drug-likeness (QED) is 0.500. The number of likely N-dealkylation sites (N-methyl/N-ethyl adjacent to an activating group) is 1. The summed E-state index contributed by atoms with van der Waals surface area (Å²) in [5.41, 5.74) is 3.73. The van der Waals surface area contributed by atoms with Gasteiger partial charge in [-0.1, -0.05) is 30.0 Å². The van der Waals surface area contributed by atoms with Crippen molar-refractivity contribution in [2.24, 2.45) is 0 Å². The molecule has 7 nitrogen and oxygen atoms in total. The zero-order valence-electron chi connectivity index (χ0n) is 16.4. The number of piperazine rings is 1. The predicted octanol–water partition coefficient (Wildman–Crippen LogP) is 2.66. The van der Waals surface area contributed by atoms with Crippen LogP contribution in [0.5, 0.6) is 0 Å². The summed E-state index contributed by atoms with van der Waals surface area (Å²) in [7, 11) is 2.15. The topological polar surface area (TPSA) is 66.3 Å². The van der Waals surface area contributed by atoms with Crippen molar-refractivity contribution in [1.29, 1.82) is 0 Å². The van der Waals surface area contributed by atoms with Crippen LogP contribution in [0.1, 0.15) is 5.56 Å². The number of amides is 1. The molecule has 2 fully saturated rings. The Morgan fingerprint density at radius 1 is 1.13 bits per heavy atom. The number of carbonyl (C=O) groups is 1. The van der Waals surface area contributed by atoms with Crippen LogP contribution in [0.25, 0.3) is 22.8 Å². The van der Waals surface area contributed by atoms with E-state index in [1.54, 1.807) is 6.33 Å². The van der Waals surface area contributed by atoms with Crippen molar-refractivity contribution < 1.29 is 4.79 Å². The molecule has 1 amide bonds. The average Bonchev–Trinajstić information content (AvgIpc) is 3.31. The van der Waals surface area contributed by atoms with Crippen molar-refractivity contribution in [3.63, 3.8) is 0 Å². The molecule has 3 aromatic rings. The second kappa shape index (κ2) is 7.82. The third kappa shape index (κ3) is 3.71. The first-order valence-electron chi connectivity index (χ1n) is 9.69. The number of pyridine rings is 1. The van der Waals surface area contributed by atoms with Crippen molar-refractivity contribution in [3.05, 3.63) is 53.3 Å². The first-order chi connectivity index (χ1) is 14.6. The summed E-state index contributed by atoms with van der Waals surface area (Å²) in [5.74, 6) is 0.851. The lowest BCUT2D eigenvalue weighted by Gasteiger charge is -2.33. The van der Waals surface area contributed by atoms with Gasteiger partial charge in [0.15, 0.2) is 0 Å². The van der Waals surface area contributed by atoms with Gasteiger partial charge >= 0.3 is 0 Å². The Bertz CT molecular complexity index is 1160. The number of fused-ring (bicyclic) bond motifs is 1. The molecular formula is C21H20N6OS2. The minimum atomic E-state index is -0.151. The number of nitrogens with one attached hydrogen (secondary N) is 1. The van der Waals surface area contributed by atoms with E-state index in [4.69, 9.17) is 17.2 Å². The molecule has 9 heteroatoms. The summed E-state index contributed by atoms with van der Waals surface area (Å²) >= 11 is 6.35. The largest absolute Gasteiger partial charge is 0.354 e. The Labute approximate surface area is 183 Å². The van der Waals surface area contributed by atoms with E-state index < -0.39 is 0 Å². The molecule has 2 aliphatic rings. The molecule has 4 heterocycles. The number of benzene rings is 1. The molecule has 0 aliphatic carbocycles. The van der Waals surface area contributed by atoms with Gasteiger partial charge in [-0.2, -0.15) is 0 Å². The van der Waals surface area contributed by atoms with Crippen molar-refractivity contribution in [3.8, 4) is 5.69 Å². The molecule has 1 aromatic carbocycles. The molecule has 0 saturated carbocycles.